The molecule has 1 fully saturated rings. The molecular weight excluding hydrogens is 302 g/mol. The standard InChI is InChI=1S/C19H29N3O2/c1-15(14-22-10-5-2-6-11-22)13-20-19(23)21-17-9-12-24-18-8-4-3-7-16(17)18/h3-4,7-8,15,17H,2,5-6,9-14H2,1H3,(H2,20,21,23)/t15-,17+/m0/s1. The van der Waals surface area contributed by atoms with Crippen molar-refractivity contribution in [3.63, 3.8) is 0 Å². The summed E-state index contributed by atoms with van der Waals surface area (Å²) in [4.78, 5) is 14.8. The van der Waals surface area contributed by atoms with Crippen LogP contribution in [-0.4, -0.2) is 43.7 Å². The second-order valence-corrected chi connectivity index (χ2v) is 7.05. The fraction of sp³-hybridized carbons (Fsp3) is 0.632. The van der Waals surface area contributed by atoms with E-state index in [1.165, 1.54) is 32.4 Å². The van der Waals surface area contributed by atoms with E-state index in [2.05, 4.69) is 22.5 Å². The molecule has 0 aromatic heterocycles. The maximum Gasteiger partial charge on any atom is 0.315 e. The van der Waals surface area contributed by atoms with Gasteiger partial charge in [0.25, 0.3) is 0 Å². The molecule has 5 heteroatoms. The van der Waals surface area contributed by atoms with E-state index in [1.807, 2.05) is 24.3 Å². The number of benzene rings is 1. The quantitative estimate of drug-likeness (QED) is 0.872. The summed E-state index contributed by atoms with van der Waals surface area (Å²) < 4.78 is 5.64. The van der Waals surface area contributed by atoms with E-state index < -0.39 is 0 Å². The van der Waals surface area contributed by atoms with E-state index in [0.717, 1.165) is 24.3 Å². The van der Waals surface area contributed by atoms with Gasteiger partial charge in [-0.05, 0) is 37.9 Å². The van der Waals surface area contributed by atoms with Gasteiger partial charge in [0.1, 0.15) is 5.75 Å². The van der Waals surface area contributed by atoms with Crippen molar-refractivity contribution >= 4 is 6.03 Å². The van der Waals surface area contributed by atoms with Gasteiger partial charge in [-0.1, -0.05) is 31.5 Å². The van der Waals surface area contributed by atoms with Crippen molar-refractivity contribution < 1.29 is 9.53 Å². The van der Waals surface area contributed by atoms with Crippen molar-refractivity contribution in [1.29, 1.82) is 0 Å². The summed E-state index contributed by atoms with van der Waals surface area (Å²) in [6.07, 6.45) is 4.79. The summed E-state index contributed by atoms with van der Waals surface area (Å²) in [5.41, 5.74) is 1.07. The summed E-state index contributed by atoms with van der Waals surface area (Å²) in [5, 5.41) is 6.12. The highest BCUT2D eigenvalue weighted by Gasteiger charge is 2.22. The first kappa shape index (κ1) is 17.1. The van der Waals surface area contributed by atoms with Gasteiger partial charge in [0, 0.05) is 25.1 Å². The number of likely N-dealkylation sites (tertiary alicyclic amines) is 1. The number of urea groups is 1. The number of hydrogen-bond donors (Lipinski definition) is 2. The zero-order chi connectivity index (χ0) is 16.8. The van der Waals surface area contributed by atoms with Crippen LogP contribution in [-0.2, 0) is 0 Å². The fourth-order valence-electron chi connectivity index (χ4n) is 3.62. The third kappa shape index (κ3) is 4.63. The average molecular weight is 331 g/mol. The molecule has 2 amide bonds. The van der Waals surface area contributed by atoms with Gasteiger partial charge in [-0.2, -0.15) is 0 Å². The molecule has 1 saturated heterocycles. The zero-order valence-corrected chi connectivity index (χ0v) is 14.6. The number of rotatable bonds is 5. The Bertz CT molecular complexity index is 543. The fourth-order valence-corrected chi connectivity index (χ4v) is 3.62. The third-order valence-corrected chi connectivity index (χ3v) is 4.89. The van der Waals surface area contributed by atoms with E-state index in [0.29, 0.717) is 19.1 Å². The Balaban J connectivity index is 1.43. The van der Waals surface area contributed by atoms with Crippen LogP contribution in [0.3, 0.4) is 0 Å². The van der Waals surface area contributed by atoms with Gasteiger partial charge in [0.05, 0.1) is 12.6 Å². The molecule has 5 nitrogen and oxygen atoms in total. The molecule has 2 N–H and O–H groups in total. The predicted molar refractivity (Wildman–Crippen MR) is 95.3 cm³/mol. The highest BCUT2D eigenvalue weighted by molar-refractivity contribution is 5.74. The monoisotopic (exact) mass is 331 g/mol. The Morgan fingerprint density at radius 3 is 2.92 bits per heavy atom. The first-order valence-electron chi connectivity index (χ1n) is 9.21. The molecular formula is C19H29N3O2. The molecule has 2 aliphatic rings. The number of para-hydroxylation sites is 1. The van der Waals surface area contributed by atoms with Crippen LogP contribution in [0.1, 0.15) is 44.2 Å². The molecule has 0 unspecified atom stereocenters. The SMILES string of the molecule is C[C@@H](CNC(=O)N[C@@H]1CCOc2ccccc21)CN1CCCCC1. The molecule has 1 aromatic carbocycles. The molecule has 132 valence electrons. The highest BCUT2D eigenvalue weighted by atomic mass is 16.5. The van der Waals surface area contributed by atoms with E-state index in [1.54, 1.807) is 0 Å². The number of nitrogens with one attached hydrogen (secondary N) is 2. The van der Waals surface area contributed by atoms with Crippen molar-refractivity contribution in [3.8, 4) is 5.75 Å². The Morgan fingerprint density at radius 2 is 2.08 bits per heavy atom. The minimum Gasteiger partial charge on any atom is -0.493 e. The number of fused-ring (bicyclic) bond motifs is 1. The van der Waals surface area contributed by atoms with Gasteiger partial charge in [0.15, 0.2) is 0 Å². The second kappa shape index (κ2) is 8.38. The number of carbonyl (C=O) groups excluding carboxylic acids is 1. The molecule has 0 spiro atoms. The Hall–Kier alpha value is -1.75. The van der Waals surface area contributed by atoms with Crippen LogP contribution in [0, 0.1) is 5.92 Å². The Labute approximate surface area is 144 Å². The molecule has 2 aliphatic heterocycles. The Morgan fingerprint density at radius 1 is 1.29 bits per heavy atom. The third-order valence-electron chi connectivity index (χ3n) is 4.89. The summed E-state index contributed by atoms with van der Waals surface area (Å²) in [7, 11) is 0. The maximum atomic E-state index is 12.2. The van der Waals surface area contributed by atoms with E-state index in [-0.39, 0.29) is 12.1 Å². The van der Waals surface area contributed by atoms with Crippen LogP contribution < -0.4 is 15.4 Å². The molecule has 24 heavy (non-hydrogen) atoms. The number of carbonyl (C=O) groups is 1. The summed E-state index contributed by atoms with van der Waals surface area (Å²) in [6.45, 7) is 7.05. The number of piperidine rings is 1. The smallest absolute Gasteiger partial charge is 0.315 e. The van der Waals surface area contributed by atoms with Crippen molar-refractivity contribution in [2.24, 2.45) is 5.92 Å². The highest BCUT2D eigenvalue weighted by Crippen LogP contribution is 2.31. The van der Waals surface area contributed by atoms with Gasteiger partial charge in [-0.15, -0.1) is 0 Å². The first-order valence-corrected chi connectivity index (χ1v) is 9.21. The lowest BCUT2D eigenvalue weighted by Crippen LogP contribution is -2.43. The summed E-state index contributed by atoms with van der Waals surface area (Å²) in [5.74, 6) is 1.35. The van der Waals surface area contributed by atoms with Crippen molar-refractivity contribution in [2.45, 2.75) is 38.6 Å². The number of amides is 2. The lowest BCUT2D eigenvalue weighted by Gasteiger charge is -2.29. The maximum absolute atomic E-state index is 12.2. The van der Waals surface area contributed by atoms with Gasteiger partial charge >= 0.3 is 6.03 Å². The number of hydrogen-bond acceptors (Lipinski definition) is 3. The first-order chi connectivity index (χ1) is 11.7. The van der Waals surface area contributed by atoms with Gasteiger partial charge in [0.2, 0.25) is 0 Å². The second-order valence-electron chi connectivity index (χ2n) is 7.05. The van der Waals surface area contributed by atoms with Crippen LogP contribution in [0.2, 0.25) is 0 Å². The van der Waals surface area contributed by atoms with E-state index in [4.69, 9.17) is 4.74 Å². The zero-order valence-electron chi connectivity index (χ0n) is 14.6. The molecule has 0 aliphatic carbocycles. The number of nitrogens with zero attached hydrogens (tertiary/aromatic N) is 1. The van der Waals surface area contributed by atoms with Crippen molar-refractivity contribution in [1.82, 2.24) is 15.5 Å². The minimum absolute atomic E-state index is 0.0346. The van der Waals surface area contributed by atoms with E-state index in [9.17, 15) is 4.79 Å². The van der Waals surface area contributed by atoms with Crippen LogP contribution in [0.15, 0.2) is 24.3 Å². The predicted octanol–water partition coefficient (Wildman–Crippen LogP) is 2.93. The lowest BCUT2D eigenvalue weighted by molar-refractivity contribution is 0.195. The minimum atomic E-state index is -0.0813. The molecule has 0 bridgehead atoms. The van der Waals surface area contributed by atoms with Crippen LogP contribution in [0.25, 0.3) is 0 Å². The van der Waals surface area contributed by atoms with Crippen LogP contribution in [0.4, 0.5) is 4.79 Å². The average Bonchev–Trinajstić information content (AvgIpc) is 2.61. The van der Waals surface area contributed by atoms with E-state index >= 15 is 0 Å². The van der Waals surface area contributed by atoms with Crippen LogP contribution in [0.5, 0.6) is 5.75 Å². The van der Waals surface area contributed by atoms with Crippen molar-refractivity contribution in [3.05, 3.63) is 29.8 Å². The normalized spacial score (nSPS) is 22.1. The molecule has 1 aromatic rings. The molecule has 0 radical (unpaired) electrons. The van der Waals surface area contributed by atoms with Crippen molar-refractivity contribution in [2.75, 3.05) is 32.8 Å². The molecule has 0 saturated carbocycles. The number of ether oxygens (including phenoxy) is 1. The molecule has 3 rings (SSSR count). The van der Waals surface area contributed by atoms with Crippen LogP contribution >= 0.6 is 0 Å². The molecule has 2 heterocycles. The van der Waals surface area contributed by atoms with Gasteiger partial charge in [-0.25, -0.2) is 4.79 Å². The van der Waals surface area contributed by atoms with Gasteiger partial charge < -0.3 is 20.3 Å². The summed E-state index contributed by atoms with van der Waals surface area (Å²) >= 11 is 0. The largest absolute Gasteiger partial charge is 0.493 e. The Kier molecular flexibility index (Phi) is 5.96. The topological polar surface area (TPSA) is 53.6 Å². The molecule has 2 atom stereocenters. The summed E-state index contributed by atoms with van der Waals surface area (Å²) in [6, 6.07) is 7.89. The van der Waals surface area contributed by atoms with Gasteiger partial charge in [-0.3, -0.25) is 0 Å². The lowest BCUT2D eigenvalue weighted by atomic mass is 10.0.